The third-order valence-corrected chi connectivity index (χ3v) is 7.27. The van der Waals surface area contributed by atoms with Gasteiger partial charge in [0.15, 0.2) is 0 Å². The lowest BCUT2D eigenvalue weighted by molar-refractivity contribution is -0.0220. The average molecular weight is 262 g/mol. The van der Waals surface area contributed by atoms with Crippen LogP contribution in [0.5, 0.6) is 0 Å². The van der Waals surface area contributed by atoms with Gasteiger partial charge in [0, 0.05) is 12.5 Å². The number of hydrogen-bond donors (Lipinski definition) is 1. The van der Waals surface area contributed by atoms with E-state index in [0.29, 0.717) is 34.7 Å². The molecule has 3 aliphatic carbocycles. The lowest BCUT2D eigenvalue weighted by Gasteiger charge is -2.56. The van der Waals surface area contributed by atoms with Crippen LogP contribution in [0.25, 0.3) is 0 Å². The van der Waals surface area contributed by atoms with Crippen molar-refractivity contribution in [3.05, 3.63) is 11.6 Å². The highest BCUT2D eigenvalue weighted by Crippen LogP contribution is 2.75. The zero-order chi connectivity index (χ0) is 14.1. The standard InChI is InChI=1S/C18H30O/c1-12(11-19)14-7-8-16(2,3)18-9-6-13(10-18)17(4,5)15(14)18/h7,12-13,15,19H,6,8-11H2,1-5H3. The van der Waals surface area contributed by atoms with Gasteiger partial charge in [0.1, 0.15) is 0 Å². The van der Waals surface area contributed by atoms with E-state index in [9.17, 15) is 5.11 Å². The number of rotatable bonds is 2. The Morgan fingerprint density at radius 3 is 2.63 bits per heavy atom. The normalized spacial score (nSPS) is 43.8. The quantitative estimate of drug-likeness (QED) is 0.731. The minimum absolute atomic E-state index is 0.305. The lowest BCUT2D eigenvalue weighted by atomic mass is 9.48. The van der Waals surface area contributed by atoms with E-state index in [1.165, 1.54) is 25.7 Å². The van der Waals surface area contributed by atoms with Crippen molar-refractivity contribution in [3.63, 3.8) is 0 Å². The van der Waals surface area contributed by atoms with E-state index < -0.39 is 0 Å². The van der Waals surface area contributed by atoms with E-state index >= 15 is 0 Å². The summed E-state index contributed by atoms with van der Waals surface area (Å²) in [5.41, 5.74) is 2.94. The second-order valence-corrected chi connectivity index (χ2v) is 8.73. The molecule has 0 aromatic rings. The molecule has 108 valence electrons. The summed E-state index contributed by atoms with van der Waals surface area (Å²) >= 11 is 0. The summed E-state index contributed by atoms with van der Waals surface area (Å²) in [4.78, 5) is 0. The summed E-state index contributed by atoms with van der Waals surface area (Å²) in [5.74, 6) is 1.94. The van der Waals surface area contributed by atoms with Crippen LogP contribution in [0, 0.1) is 34.0 Å². The summed E-state index contributed by atoms with van der Waals surface area (Å²) in [6.45, 7) is 12.5. The van der Waals surface area contributed by atoms with Gasteiger partial charge in [0.25, 0.3) is 0 Å². The maximum absolute atomic E-state index is 9.63. The van der Waals surface area contributed by atoms with Crippen LogP contribution in [0.15, 0.2) is 11.6 Å². The number of hydrogen-bond acceptors (Lipinski definition) is 1. The molecule has 0 aromatic heterocycles. The molecular formula is C18H30O. The molecular weight excluding hydrogens is 232 g/mol. The number of aliphatic hydroxyl groups excluding tert-OH is 1. The van der Waals surface area contributed by atoms with Crippen molar-refractivity contribution < 1.29 is 5.11 Å². The second kappa shape index (κ2) is 3.87. The molecule has 0 aromatic carbocycles. The van der Waals surface area contributed by atoms with E-state index in [1.54, 1.807) is 5.57 Å². The number of aliphatic hydroxyl groups is 1. The molecule has 3 aliphatic rings. The van der Waals surface area contributed by atoms with Gasteiger partial charge >= 0.3 is 0 Å². The fraction of sp³-hybridized carbons (Fsp3) is 0.889. The van der Waals surface area contributed by atoms with Crippen molar-refractivity contribution in [3.8, 4) is 0 Å². The topological polar surface area (TPSA) is 20.2 Å². The highest BCUT2D eigenvalue weighted by Gasteiger charge is 2.68. The Morgan fingerprint density at radius 2 is 2.00 bits per heavy atom. The van der Waals surface area contributed by atoms with Crippen molar-refractivity contribution in [2.75, 3.05) is 6.61 Å². The summed E-state index contributed by atoms with van der Waals surface area (Å²) in [6, 6.07) is 0. The van der Waals surface area contributed by atoms with Crippen LogP contribution in [0.2, 0.25) is 0 Å². The number of fused-ring (bicyclic) bond motifs is 1. The first-order chi connectivity index (χ1) is 8.76. The summed E-state index contributed by atoms with van der Waals surface area (Å²) in [5, 5.41) is 9.63. The van der Waals surface area contributed by atoms with Crippen LogP contribution in [-0.4, -0.2) is 11.7 Å². The summed E-state index contributed by atoms with van der Waals surface area (Å²) in [6.07, 6.45) is 7.94. The van der Waals surface area contributed by atoms with Gasteiger partial charge in [-0.3, -0.25) is 0 Å². The minimum atomic E-state index is 0.305. The van der Waals surface area contributed by atoms with Crippen LogP contribution < -0.4 is 0 Å². The Balaban J connectivity index is 2.12. The van der Waals surface area contributed by atoms with E-state index in [0.717, 1.165) is 5.92 Å². The third-order valence-electron chi connectivity index (χ3n) is 7.27. The lowest BCUT2D eigenvalue weighted by Crippen LogP contribution is -2.49. The van der Waals surface area contributed by atoms with Crippen LogP contribution >= 0.6 is 0 Å². The zero-order valence-corrected chi connectivity index (χ0v) is 13.3. The summed E-state index contributed by atoms with van der Waals surface area (Å²) < 4.78 is 0. The van der Waals surface area contributed by atoms with Gasteiger partial charge in [0.2, 0.25) is 0 Å². The van der Waals surface area contributed by atoms with E-state index in [2.05, 4.69) is 40.7 Å². The predicted octanol–water partition coefficient (Wildman–Crippen LogP) is 4.41. The Morgan fingerprint density at radius 1 is 1.32 bits per heavy atom. The molecule has 0 amide bonds. The largest absolute Gasteiger partial charge is 0.396 e. The fourth-order valence-corrected chi connectivity index (χ4v) is 5.96. The van der Waals surface area contributed by atoms with Crippen molar-refractivity contribution >= 4 is 0 Å². The first kappa shape index (κ1) is 13.7. The molecule has 0 saturated heterocycles. The molecule has 1 spiro atoms. The minimum Gasteiger partial charge on any atom is -0.396 e. The van der Waals surface area contributed by atoms with Gasteiger partial charge in [-0.15, -0.1) is 0 Å². The smallest absolute Gasteiger partial charge is 0.0493 e. The van der Waals surface area contributed by atoms with E-state index in [-0.39, 0.29) is 0 Å². The van der Waals surface area contributed by atoms with Crippen LogP contribution in [0.4, 0.5) is 0 Å². The maximum atomic E-state index is 9.63. The highest BCUT2D eigenvalue weighted by atomic mass is 16.3. The molecule has 4 atom stereocenters. The molecule has 2 fully saturated rings. The molecule has 1 nitrogen and oxygen atoms in total. The highest BCUT2D eigenvalue weighted by molar-refractivity contribution is 5.31. The molecule has 4 unspecified atom stereocenters. The molecule has 0 radical (unpaired) electrons. The number of allylic oxidation sites excluding steroid dienone is 1. The molecule has 3 rings (SSSR count). The Kier molecular flexibility index (Phi) is 2.79. The van der Waals surface area contributed by atoms with Crippen molar-refractivity contribution in [2.24, 2.45) is 34.0 Å². The van der Waals surface area contributed by atoms with E-state index in [1.807, 2.05) is 0 Å². The van der Waals surface area contributed by atoms with Crippen LogP contribution in [-0.2, 0) is 0 Å². The Hall–Kier alpha value is -0.300. The molecule has 0 heterocycles. The van der Waals surface area contributed by atoms with Crippen LogP contribution in [0.3, 0.4) is 0 Å². The fourth-order valence-electron chi connectivity index (χ4n) is 5.96. The first-order valence-electron chi connectivity index (χ1n) is 8.07. The SMILES string of the molecule is CC(CO)C1=CCC(C)(C)C23CCC(C2)C(C)(C)C13. The van der Waals surface area contributed by atoms with E-state index in [4.69, 9.17) is 0 Å². The van der Waals surface area contributed by atoms with Crippen molar-refractivity contribution in [1.82, 2.24) is 0 Å². The van der Waals surface area contributed by atoms with Gasteiger partial charge in [-0.05, 0) is 53.8 Å². The molecule has 19 heavy (non-hydrogen) atoms. The van der Waals surface area contributed by atoms with Crippen LogP contribution in [0.1, 0.15) is 60.3 Å². The Bertz CT molecular complexity index is 417. The molecule has 1 heteroatoms. The van der Waals surface area contributed by atoms with Crippen molar-refractivity contribution in [2.45, 2.75) is 60.3 Å². The molecule has 1 N–H and O–H groups in total. The monoisotopic (exact) mass is 262 g/mol. The predicted molar refractivity (Wildman–Crippen MR) is 79.8 cm³/mol. The molecule has 2 bridgehead atoms. The molecule has 2 saturated carbocycles. The average Bonchev–Trinajstić information content (AvgIpc) is 2.86. The van der Waals surface area contributed by atoms with Crippen molar-refractivity contribution in [1.29, 1.82) is 0 Å². The Labute approximate surface area is 118 Å². The molecule has 0 aliphatic heterocycles. The van der Waals surface area contributed by atoms with Gasteiger partial charge < -0.3 is 5.11 Å². The zero-order valence-electron chi connectivity index (χ0n) is 13.3. The first-order valence-corrected chi connectivity index (χ1v) is 8.07. The third kappa shape index (κ3) is 1.51. The second-order valence-electron chi connectivity index (χ2n) is 8.73. The van der Waals surface area contributed by atoms with Gasteiger partial charge in [-0.25, -0.2) is 0 Å². The van der Waals surface area contributed by atoms with Gasteiger partial charge in [-0.2, -0.15) is 0 Å². The van der Waals surface area contributed by atoms with Gasteiger partial charge in [-0.1, -0.05) is 46.3 Å². The summed E-state index contributed by atoms with van der Waals surface area (Å²) in [7, 11) is 0. The maximum Gasteiger partial charge on any atom is 0.0493 e. The van der Waals surface area contributed by atoms with Gasteiger partial charge in [0.05, 0.1) is 0 Å².